The molecule has 0 unspecified atom stereocenters. The number of nitrogens with two attached hydrogens (primary N) is 1. The molecule has 2 rings (SSSR count). The number of hydrogen-bond acceptors (Lipinski definition) is 2. The third kappa shape index (κ3) is 3.00. The Bertz CT molecular complexity index is 430. The average Bonchev–Trinajstić information content (AvgIpc) is 2.83. The zero-order chi connectivity index (χ0) is 13.9. The molecule has 1 aliphatic rings. The molecular weight excluding hydrogens is 238 g/mol. The molecule has 0 atom stereocenters. The first-order valence-electron chi connectivity index (χ1n) is 7.16. The van der Waals surface area contributed by atoms with E-state index in [1.807, 2.05) is 29.9 Å². The number of carbonyl (C=O) groups excluding carboxylic acids is 1. The van der Waals surface area contributed by atoms with Gasteiger partial charge in [0, 0.05) is 25.5 Å². The van der Waals surface area contributed by atoms with E-state index in [2.05, 4.69) is 12.2 Å². The van der Waals surface area contributed by atoms with Gasteiger partial charge >= 0.3 is 0 Å². The van der Waals surface area contributed by atoms with Crippen LogP contribution in [0.2, 0.25) is 0 Å². The molecule has 4 heteroatoms. The maximum Gasteiger partial charge on any atom is 0.227 e. The summed E-state index contributed by atoms with van der Waals surface area (Å²) in [7, 11) is 1.99. The summed E-state index contributed by atoms with van der Waals surface area (Å²) in [4.78, 5) is 12.5. The first-order valence-corrected chi connectivity index (χ1v) is 7.16. The van der Waals surface area contributed by atoms with E-state index < -0.39 is 0 Å². The summed E-state index contributed by atoms with van der Waals surface area (Å²) in [6.07, 6.45) is 6.04. The number of nitrogens with zero attached hydrogens (tertiary/aromatic N) is 1. The topological polar surface area (TPSA) is 60.1 Å². The smallest absolute Gasteiger partial charge is 0.227 e. The van der Waals surface area contributed by atoms with Gasteiger partial charge in [-0.05, 0) is 43.7 Å². The van der Waals surface area contributed by atoms with E-state index in [0.717, 1.165) is 37.3 Å². The lowest BCUT2D eigenvalue weighted by Crippen LogP contribution is -2.47. The lowest BCUT2D eigenvalue weighted by Gasteiger charge is -2.37. The van der Waals surface area contributed by atoms with Crippen LogP contribution in [-0.4, -0.2) is 17.0 Å². The standard InChI is InChI=1S/C15H25N3O/c1-12-5-7-15(11-16,8-6-12)14(19)17-10-13-4-3-9-18(13)2/h3-4,9,12H,5-8,10-11,16H2,1-2H3,(H,17,19). The fourth-order valence-corrected chi connectivity index (χ4v) is 2.88. The molecular formula is C15H25N3O. The maximum atomic E-state index is 12.5. The number of amides is 1. The normalized spacial score (nSPS) is 27.2. The Hall–Kier alpha value is -1.29. The van der Waals surface area contributed by atoms with Crippen molar-refractivity contribution >= 4 is 5.91 Å². The van der Waals surface area contributed by atoms with Crippen LogP contribution in [0.3, 0.4) is 0 Å². The van der Waals surface area contributed by atoms with E-state index in [-0.39, 0.29) is 11.3 Å². The molecule has 19 heavy (non-hydrogen) atoms. The second-order valence-corrected chi connectivity index (χ2v) is 5.96. The Balaban J connectivity index is 1.96. The molecule has 1 aliphatic carbocycles. The number of rotatable bonds is 4. The molecule has 3 N–H and O–H groups in total. The SMILES string of the molecule is CC1CCC(CN)(C(=O)NCc2cccn2C)CC1. The van der Waals surface area contributed by atoms with Gasteiger partial charge < -0.3 is 15.6 Å². The molecule has 0 aromatic carbocycles. The predicted molar refractivity (Wildman–Crippen MR) is 76.4 cm³/mol. The highest BCUT2D eigenvalue weighted by Crippen LogP contribution is 2.38. The van der Waals surface area contributed by atoms with E-state index in [0.29, 0.717) is 13.1 Å². The van der Waals surface area contributed by atoms with Crippen molar-refractivity contribution in [3.05, 3.63) is 24.0 Å². The minimum Gasteiger partial charge on any atom is -0.353 e. The van der Waals surface area contributed by atoms with Gasteiger partial charge in [0.1, 0.15) is 0 Å². The summed E-state index contributed by atoms with van der Waals surface area (Å²) >= 11 is 0. The van der Waals surface area contributed by atoms with E-state index in [1.54, 1.807) is 0 Å². The minimum absolute atomic E-state index is 0.128. The number of carbonyl (C=O) groups is 1. The third-order valence-corrected chi connectivity index (χ3v) is 4.59. The van der Waals surface area contributed by atoms with Crippen LogP contribution in [0.25, 0.3) is 0 Å². The second kappa shape index (κ2) is 5.78. The van der Waals surface area contributed by atoms with Gasteiger partial charge in [-0.25, -0.2) is 0 Å². The molecule has 4 nitrogen and oxygen atoms in total. The molecule has 1 aromatic heterocycles. The zero-order valence-electron chi connectivity index (χ0n) is 12.0. The minimum atomic E-state index is -0.336. The van der Waals surface area contributed by atoms with Crippen molar-refractivity contribution in [2.75, 3.05) is 6.54 Å². The number of aryl methyl sites for hydroxylation is 1. The van der Waals surface area contributed by atoms with Crippen molar-refractivity contribution in [3.63, 3.8) is 0 Å². The summed E-state index contributed by atoms with van der Waals surface area (Å²) in [5, 5.41) is 3.06. The number of nitrogens with one attached hydrogen (secondary N) is 1. The molecule has 1 fully saturated rings. The van der Waals surface area contributed by atoms with Crippen LogP contribution >= 0.6 is 0 Å². The van der Waals surface area contributed by atoms with Crippen LogP contribution in [0.5, 0.6) is 0 Å². The number of aromatic nitrogens is 1. The van der Waals surface area contributed by atoms with Gasteiger partial charge in [0.25, 0.3) is 0 Å². The summed E-state index contributed by atoms with van der Waals surface area (Å²) < 4.78 is 2.03. The van der Waals surface area contributed by atoms with Crippen molar-refractivity contribution in [3.8, 4) is 0 Å². The summed E-state index contributed by atoms with van der Waals surface area (Å²) in [6.45, 7) is 3.29. The number of hydrogen-bond donors (Lipinski definition) is 2. The second-order valence-electron chi connectivity index (χ2n) is 5.96. The average molecular weight is 263 g/mol. The highest BCUT2D eigenvalue weighted by Gasteiger charge is 2.39. The fraction of sp³-hybridized carbons (Fsp3) is 0.667. The Kier molecular flexibility index (Phi) is 4.30. The molecule has 1 heterocycles. The van der Waals surface area contributed by atoms with Gasteiger partial charge in [0.2, 0.25) is 5.91 Å². The lowest BCUT2D eigenvalue weighted by atomic mass is 9.70. The quantitative estimate of drug-likeness (QED) is 0.870. The summed E-state index contributed by atoms with van der Waals surface area (Å²) in [5.74, 6) is 0.850. The highest BCUT2D eigenvalue weighted by atomic mass is 16.2. The van der Waals surface area contributed by atoms with Crippen molar-refractivity contribution in [1.29, 1.82) is 0 Å². The lowest BCUT2D eigenvalue weighted by molar-refractivity contribution is -0.133. The van der Waals surface area contributed by atoms with Crippen LogP contribution in [-0.2, 0) is 18.4 Å². The molecule has 0 radical (unpaired) electrons. The van der Waals surface area contributed by atoms with Gasteiger partial charge in [-0.15, -0.1) is 0 Å². The van der Waals surface area contributed by atoms with Crippen molar-refractivity contribution < 1.29 is 4.79 Å². The molecule has 1 saturated carbocycles. The van der Waals surface area contributed by atoms with Gasteiger partial charge in [-0.1, -0.05) is 6.92 Å². The highest BCUT2D eigenvalue weighted by molar-refractivity contribution is 5.83. The fourth-order valence-electron chi connectivity index (χ4n) is 2.88. The largest absolute Gasteiger partial charge is 0.353 e. The van der Waals surface area contributed by atoms with Gasteiger partial charge in [-0.3, -0.25) is 4.79 Å². The van der Waals surface area contributed by atoms with Gasteiger partial charge in [0.15, 0.2) is 0 Å². The van der Waals surface area contributed by atoms with Crippen LogP contribution < -0.4 is 11.1 Å². The van der Waals surface area contributed by atoms with Crippen molar-refractivity contribution in [1.82, 2.24) is 9.88 Å². The van der Waals surface area contributed by atoms with E-state index >= 15 is 0 Å². The zero-order valence-corrected chi connectivity index (χ0v) is 12.0. The molecule has 0 bridgehead atoms. The summed E-state index contributed by atoms with van der Waals surface area (Å²) in [6, 6.07) is 4.01. The Morgan fingerprint density at radius 3 is 2.74 bits per heavy atom. The molecule has 0 aliphatic heterocycles. The van der Waals surface area contributed by atoms with E-state index in [4.69, 9.17) is 5.73 Å². The molecule has 0 saturated heterocycles. The third-order valence-electron chi connectivity index (χ3n) is 4.59. The van der Waals surface area contributed by atoms with Crippen LogP contribution in [0.15, 0.2) is 18.3 Å². The van der Waals surface area contributed by atoms with Crippen LogP contribution in [0, 0.1) is 11.3 Å². The Morgan fingerprint density at radius 2 is 2.21 bits per heavy atom. The van der Waals surface area contributed by atoms with Gasteiger partial charge in [-0.2, -0.15) is 0 Å². The molecule has 1 amide bonds. The summed E-state index contributed by atoms with van der Waals surface area (Å²) in [5.41, 5.74) is 6.68. The van der Waals surface area contributed by atoms with Crippen molar-refractivity contribution in [2.45, 2.75) is 39.2 Å². The monoisotopic (exact) mass is 263 g/mol. The molecule has 0 spiro atoms. The Labute approximate surface area is 115 Å². The first-order chi connectivity index (χ1) is 9.07. The molecule has 1 aromatic rings. The van der Waals surface area contributed by atoms with Crippen LogP contribution in [0.1, 0.15) is 38.3 Å². The Morgan fingerprint density at radius 1 is 1.53 bits per heavy atom. The van der Waals surface area contributed by atoms with Crippen LogP contribution in [0.4, 0.5) is 0 Å². The van der Waals surface area contributed by atoms with E-state index in [1.165, 1.54) is 0 Å². The van der Waals surface area contributed by atoms with Crippen molar-refractivity contribution in [2.24, 2.45) is 24.1 Å². The van der Waals surface area contributed by atoms with E-state index in [9.17, 15) is 4.79 Å². The first kappa shape index (κ1) is 14.1. The maximum absolute atomic E-state index is 12.5. The molecule has 106 valence electrons. The van der Waals surface area contributed by atoms with Gasteiger partial charge in [0.05, 0.1) is 12.0 Å². The predicted octanol–water partition coefficient (Wildman–Crippen LogP) is 1.80.